The number of phenolic OH excluding ortho intramolecular Hbond substituents is 1. The van der Waals surface area contributed by atoms with Crippen LogP contribution in [0.2, 0.25) is 0 Å². The van der Waals surface area contributed by atoms with Gasteiger partial charge in [-0.05, 0) is 49.9 Å². The number of methoxy groups -OCH3 is 1. The van der Waals surface area contributed by atoms with Crippen LogP contribution in [-0.4, -0.2) is 30.9 Å². The standard InChI is InChI=1S/C25H27NO7/c1-14(5-9-21(27)26-11-16-6-8-19-20(10-16)33-13-32-19)4-7-17-23(28)22-18(12-31-25(22)29)15(2)24(17)30-3/h4,6,8,10,28H,5,7,9,11-13H2,1-3H3,(H,26,27)/b14-4+. The Balaban J connectivity index is 1.34. The molecule has 4 rings (SSSR count). The highest BCUT2D eigenvalue weighted by molar-refractivity contribution is 5.98. The summed E-state index contributed by atoms with van der Waals surface area (Å²) in [7, 11) is 1.54. The predicted octanol–water partition coefficient (Wildman–Crippen LogP) is 3.69. The maximum absolute atomic E-state index is 12.3. The van der Waals surface area contributed by atoms with Gasteiger partial charge in [0.05, 0.1) is 7.11 Å². The number of phenols is 1. The number of hydrogen-bond donors (Lipinski definition) is 2. The number of cyclic esters (lactones) is 1. The van der Waals surface area contributed by atoms with Crippen LogP contribution in [0.25, 0.3) is 0 Å². The Kier molecular flexibility index (Phi) is 6.44. The number of allylic oxidation sites excluding steroid dienone is 2. The number of rotatable bonds is 8. The zero-order valence-electron chi connectivity index (χ0n) is 18.9. The minimum Gasteiger partial charge on any atom is -0.507 e. The second-order valence-electron chi connectivity index (χ2n) is 8.13. The van der Waals surface area contributed by atoms with E-state index in [0.29, 0.717) is 54.2 Å². The van der Waals surface area contributed by atoms with Gasteiger partial charge >= 0.3 is 5.97 Å². The predicted molar refractivity (Wildman–Crippen MR) is 120 cm³/mol. The van der Waals surface area contributed by atoms with E-state index in [-0.39, 0.29) is 30.6 Å². The van der Waals surface area contributed by atoms with E-state index >= 15 is 0 Å². The maximum Gasteiger partial charge on any atom is 0.342 e. The molecule has 2 heterocycles. The summed E-state index contributed by atoms with van der Waals surface area (Å²) >= 11 is 0. The van der Waals surface area contributed by atoms with Gasteiger partial charge in [-0.3, -0.25) is 4.79 Å². The first-order chi connectivity index (χ1) is 15.9. The van der Waals surface area contributed by atoms with Crippen LogP contribution in [0.3, 0.4) is 0 Å². The lowest BCUT2D eigenvalue weighted by Crippen LogP contribution is -2.22. The smallest absolute Gasteiger partial charge is 0.342 e. The van der Waals surface area contributed by atoms with E-state index in [2.05, 4.69) is 5.32 Å². The van der Waals surface area contributed by atoms with Crippen LogP contribution < -0.4 is 19.5 Å². The lowest BCUT2D eigenvalue weighted by atomic mass is 9.94. The highest BCUT2D eigenvalue weighted by Gasteiger charge is 2.31. The summed E-state index contributed by atoms with van der Waals surface area (Å²) in [5, 5.41) is 13.6. The van der Waals surface area contributed by atoms with Crippen LogP contribution in [-0.2, 0) is 29.1 Å². The quantitative estimate of drug-likeness (QED) is 0.464. The van der Waals surface area contributed by atoms with Crippen LogP contribution in [0.4, 0.5) is 0 Å². The molecule has 0 unspecified atom stereocenters. The molecule has 2 aliphatic rings. The van der Waals surface area contributed by atoms with Gasteiger partial charge in [-0.25, -0.2) is 4.79 Å². The van der Waals surface area contributed by atoms with E-state index in [1.165, 1.54) is 7.11 Å². The molecule has 2 aromatic rings. The van der Waals surface area contributed by atoms with Crippen LogP contribution in [0.15, 0.2) is 29.8 Å². The molecule has 2 N–H and O–H groups in total. The third-order valence-corrected chi connectivity index (χ3v) is 5.98. The topological polar surface area (TPSA) is 103 Å². The summed E-state index contributed by atoms with van der Waals surface area (Å²) in [6, 6.07) is 5.59. The summed E-state index contributed by atoms with van der Waals surface area (Å²) < 4.78 is 21.2. The Morgan fingerprint density at radius 2 is 2.00 bits per heavy atom. The van der Waals surface area contributed by atoms with Crippen LogP contribution >= 0.6 is 0 Å². The van der Waals surface area contributed by atoms with E-state index in [1.54, 1.807) is 0 Å². The van der Waals surface area contributed by atoms with E-state index in [9.17, 15) is 14.7 Å². The SMILES string of the molecule is COc1c(C)c2c(c(O)c1C/C=C(\C)CCC(=O)NCc1ccc3c(c1)OCO3)C(=O)OC2. The highest BCUT2D eigenvalue weighted by atomic mass is 16.7. The minimum atomic E-state index is -0.519. The number of ether oxygens (including phenoxy) is 4. The summed E-state index contributed by atoms with van der Waals surface area (Å²) in [5.74, 6) is 1.28. The fourth-order valence-corrected chi connectivity index (χ4v) is 4.06. The maximum atomic E-state index is 12.3. The molecule has 0 bridgehead atoms. The fourth-order valence-electron chi connectivity index (χ4n) is 4.06. The molecule has 2 aliphatic heterocycles. The number of carbonyl (C=O) groups is 2. The molecule has 8 heteroatoms. The fraction of sp³-hybridized carbons (Fsp3) is 0.360. The number of amides is 1. The summed E-state index contributed by atoms with van der Waals surface area (Å²) in [6.07, 6.45) is 3.23. The number of benzene rings is 2. The van der Waals surface area contributed by atoms with Gasteiger partial charge in [-0.2, -0.15) is 0 Å². The van der Waals surface area contributed by atoms with Crippen molar-refractivity contribution in [3.8, 4) is 23.0 Å². The molecule has 0 saturated heterocycles. The van der Waals surface area contributed by atoms with E-state index < -0.39 is 5.97 Å². The van der Waals surface area contributed by atoms with Crippen molar-refractivity contribution < 1.29 is 33.6 Å². The van der Waals surface area contributed by atoms with Gasteiger partial charge in [0, 0.05) is 24.1 Å². The molecule has 174 valence electrons. The summed E-state index contributed by atoms with van der Waals surface area (Å²) in [6.45, 7) is 4.55. The Labute approximate surface area is 192 Å². The summed E-state index contributed by atoms with van der Waals surface area (Å²) in [4.78, 5) is 24.3. The van der Waals surface area contributed by atoms with Crippen LogP contribution in [0, 0.1) is 6.92 Å². The number of esters is 1. The second-order valence-corrected chi connectivity index (χ2v) is 8.13. The normalized spacial score (nSPS) is 14.2. The lowest BCUT2D eigenvalue weighted by molar-refractivity contribution is -0.121. The van der Waals surface area contributed by atoms with Gasteiger partial charge in [-0.15, -0.1) is 0 Å². The molecule has 0 saturated carbocycles. The number of nitrogens with one attached hydrogen (secondary N) is 1. The van der Waals surface area contributed by atoms with Crippen molar-refractivity contribution in [3.63, 3.8) is 0 Å². The second kappa shape index (κ2) is 9.44. The molecule has 0 fully saturated rings. The third kappa shape index (κ3) is 4.60. The largest absolute Gasteiger partial charge is 0.507 e. The average Bonchev–Trinajstić information content (AvgIpc) is 3.43. The van der Waals surface area contributed by atoms with Crippen molar-refractivity contribution in [1.82, 2.24) is 5.32 Å². The van der Waals surface area contributed by atoms with Gasteiger partial charge in [-0.1, -0.05) is 17.7 Å². The van der Waals surface area contributed by atoms with E-state index in [4.69, 9.17) is 18.9 Å². The molecule has 2 aromatic carbocycles. The molecule has 0 aliphatic carbocycles. The molecule has 8 nitrogen and oxygen atoms in total. The van der Waals surface area contributed by atoms with Gasteiger partial charge < -0.3 is 29.4 Å². The molecule has 0 radical (unpaired) electrons. The summed E-state index contributed by atoms with van der Waals surface area (Å²) in [5.41, 5.74) is 4.15. The molecular formula is C25H27NO7. The van der Waals surface area contributed by atoms with Crippen molar-refractivity contribution in [2.45, 2.75) is 46.3 Å². The Morgan fingerprint density at radius 1 is 1.21 bits per heavy atom. The molecule has 0 spiro atoms. The molecular weight excluding hydrogens is 426 g/mol. The zero-order valence-corrected chi connectivity index (χ0v) is 18.9. The zero-order chi connectivity index (χ0) is 23.5. The van der Waals surface area contributed by atoms with Gasteiger partial charge in [0.1, 0.15) is 23.7 Å². The van der Waals surface area contributed by atoms with Crippen LogP contribution in [0.5, 0.6) is 23.0 Å². The first kappa shape index (κ1) is 22.5. The van der Waals surface area contributed by atoms with Gasteiger partial charge in [0.2, 0.25) is 12.7 Å². The Morgan fingerprint density at radius 3 is 2.79 bits per heavy atom. The number of aromatic hydroxyl groups is 1. The van der Waals surface area contributed by atoms with Gasteiger partial charge in [0.25, 0.3) is 0 Å². The Hall–Kier alpha value is -3.68. The molecule has 33 heavy (non-hydrogen) atoms. The van der Waals surface area contributed by atoms with Crippen LogP contribution in [0.1, 0.15) is 52.4 Å². The number of carbonyl (C=O) groups excluding carboxylic acids is 2. The Bertz CT molecular complexity index is 1140. The van der Waals surface area contributed by atoms with E-state index in [1.807, 2.05) is 38.1 Å². The number of fused-ring (bicyclic) bond motifs is 2. The molecule has 0 aromatic heterocycles. The highest BCUT2D eigenvalue weighted by Crippen LogP contribution is 2.42. The van der Waals surface area contributed by atoms with Gasteiger partial charge in [0.15, 0.2) is 11.5 Å². The average molecular weight is 453 g/mol. The van der Waals surface area contributed by atoms with Crippen molar-refractivity contribution in [1.29, 1.82) is 0 Å². The van der Waals surface area contributed by atoms with E-state index in [0.717, 1.165) is 16.7 Å². The third-order valence-electron chi connectivity index (χ3n) is 5.98. The molecule has 0 atom stereocenters. The molecule has 1 amide bonds. The first-order valence-corrected chi connectivity index (χ1v) is 10.8. The van der Waals surface area contributed by atoms with Crippen molar-refractivity contribution >= 4 is 11.9 Å². The minimum absolute atomic E-state index is 0.0584. The monoisotopic (exact) mass is 453 g/mol. The number of hydrogen-bond acceptors (Lipinski definition) is 7. The first-order valence-electron chi connectivity index (χ1n) is 10.8. The van der Waals surface area contributed by atoms with Crippen molar-refractivity contribution in [3.05, 3.63) is 57.7 Å². The lowest BCUT2D eigenvalue weighted by Gasteiger charge is -2.15. The van der Waals surface area contributed by atoms with Crippen molar-refractivity contribution in [2.75, 3.05) is 13.9 Å². The van der Waals surface area contributed by atoms with Crippen molar-refractivity contribution in [2.24, 2.45) is 0 Å².